The lowest BCUT2D eigenvalue weighted by molar-refractivity contribution is -0.137. The van der Waals surface area contributed by atoms with Crippen LogP contribution < -0.4 is 15.0 Å². The number of nitrogens with one attached hydrogen (secondary N) is 1. The van der Waals surface area contributed by atoms with Crippen molar-refractivity contribution < 1.29 is 24.5 Å². The number of benzene rings is 2. The van der Waals surface area contributed by atoms with Gasteiger partial charge in [0.2, 0.25) is 5.91 Å². The van der Waals surface area contributed by atoms with Crippen molar-refractivity contribution in [2.75, 3.05) is 23.4 Å². The van der Waals surface area contributed by atoms with Crippen molar-refractivity contribution in [2.24, 2.45) is 0 Å². The number of hydrogen-bond donors (Lipinski definition) is 3. The van der Waals surface area contributed by atoms with Crippen LogP contribution in [0.1, 0.15) is 70.4 Å². The number of carbonyl (C=O) groups excluding carboxylic acids is 1. The smallest absolute Gasteiger partial charge is 0.303 e. The van der Waals surface area contributed by atoms with Crippen molar-refractivity contribution in [2.45, 2.75) is 77.4 Å². The molecule has 1 fully saturated rings. The van der Waals surface area contributed by atoms with E-state index in [9.17, 15) is 19.8 Å². The molecule has 7 heteroatoms. The third-order valence-electron chi connectivity index (χ3n) is 6.66. The minimum absolute atomic E-state index is 0.0332. The quantitative estimate of drug-likeness (QED) is 0.418. The number of hydrogen-bond acceptors (Lipinski definition) is 5. The largest absolute Gasteiger partial charge is 0.494 e. The summed E-state index contributed by atoms with van der Waals surface area (Å²) in [5, 5.41) is 23.2. The number of aliphatic carboxylic acids is 1. The minimum Gasteiger partial charge on any atom is -0.494 e. The Morgan fingerprint density at radius 3 is 2.49 bits per heavy atom. The Balaban J connectivity index is 1.89. The minimum atomic E-state index is -0.895. The van der Waals surface area contributed by atoms with Crippen molar-refractivity contribution in [3.8, 4) is 5.75 Å². The van der Waals surface area contributed by atoms with Crippen molar-refractivity contribution in [3.05, 3.63) is 53.6 Å². The molecule has 2 aromatic carbocycles. The fraction of sp³-hybridized carbons (Fsp3) is 0.500. The molecule has 1 amide bonds. The first-order valence-electron chi connectivity index (χ1n) is 12.5. The summed E-state index contributed by atoms with van der Waals surface area (Å²) in [5.74, 6) is -0.379. The number of amides is 1. The molecular weight excluding hydrogens is 444 g/mol. The summed E-state index contributed by atoms with van der Waals surface area (Å²) < 4.78 is 5.48. The molecular formula is C28H38N2O5. The van der Waals surface area contributed by atoms with Crippen LogP contribution in [0.3, 0.4) is 0 Å². The second-order valence-electron chi connectivity index (χ2n) is 9.79. The number of aliphatic hydroxyl groups is 1. The highest BCUT2D eigenvalue weighted by molar-refractivity contribution is 5.96. The molecule has 0 spiro atoms. The third kappa shape index (κ3) is 6.98. The van der Waals surface area contributed by atoms with Crippen LogP contribution in [-0.4, -0.2) is 46.9 Å². The Hall–Kier alpha value is -3.06. The number of anilines is 2. The monoisotopic (exact) mass is 482 g/mol. The maximum absolute atomic E-state index is 13.1. The number of carboxylic acid groups (broad SMARTS) is 1. The van der Waals surface area contributed by atoms with E-state index in [1.165, 1.54) is 0 Å². The summed E-state index contributed by atoms with van der Waals surface area (Å²) in [6, 6.07) is 13.2. The average Bonchev–Trinajstić information content (AvgIpc) is 3.29. The van der Waals surface area contributed by atoms with E-state index in [1.54, 1.807) is 0 Å². The van der Waals surface area contributed by atoms with Crippen LogP contribution in [0.15, 0.2) is 42.5 Å². The van der Waals surface area contributed by atoms with Crippen LogP contribution in [0.5, 0.6) is 5.75 Å². The molecule has 190 valence electrons. The second-order valence-corrected chi connectivity index (χ2v) is 9.79. The lowest BCUT2D eigenvalue weighted by atomic mass is 9.91. The molecule has 0 saturated carbocycles. The maximum Gasteiger partial charge on any atom is 0.303 e. The molecule has 0 unspecified atom stereocenters. The molecule has 2 atom stereocenters. The van der Waals surface area contributed by atoms with Gasteiger partial charge in [0.15, 0.2) is 0 Å². The van der Waals surface area contributed by atoms with E-state index >= 15 is 0 Å². The summed E-state index contributed by atoms with van der Waals surface area (Å²) in [4.78, 5) is 26.6. The lowest BCUT2D eigenvalue weighted by Gasteiger charge is -2.36. The molecule has 1 aliphatic heterocycles. The van der Waals surface area contributed by atoms with Crippen LogP contribution >= 0.6 is 0 Å². The highest BCUT2D eigenvalue weighted by Gasteiger charge is 2.37. The lowest BCUT2D eigenvalue weighted by Crippen LogP contribution is -2.46. The van der Waals surface area contributed by atoms with Gasteiger partial charge in [-0.15, -0.1) is 0 Å². The highest BCUT2D eigenvalue weighted by Crippen LogP contribution is 2.38. The first kappa shape index (κ1) is 26.5. The fourth-order valence-electron chi connectivity index (χ4n) is 4.91. The SMILES string of the molecule is CCOc1ccc(CC(=O)Nc2cc([C@H](CC)CC(=O)O)ccc2N2CCC[C@H]2C(C)(C)O)cc1. The van der Waals surface area contributed by atoms with Crippen LogP contribution in [-0.2, 0) is 16.0 Å². The van der Waals surface area contributed by atoms with Gasteiger partial charge in [-0.1, -0.05) is 25.1 Å². The van der Waals surface area contributed by atoms with Crippen LogP contribution in [0.25, 0.3) is 0 Å². The summed E-state index contributed by atoms with van der Waals surface area (Å²) in [6.07, 6.45) is 2.73. The molecule has 7 nitrogen and oxygen atoms in total. The molecule has 1 saturated heterocycles. The van der Waals surface area contributed by atoms with Crippen molar-refractivity contribution in [1.82, 2.24) is 0 Å². The summed E-state index contributed by atoms with van der Waals surface area (Å²) in [5.41, 5.74) is 2.36. The van der Waals surface area contributed by atoms with Gasteiger partial charge in [-0.2, -0.15) is 0 Å². The van der Waals surface area contributed by atoms with Gasteiger partial charge in [-0.25, -0.2) is 0 Å². The van der Waals surface area contributed by atoms with Crippen molar-refractivity contribution in [3.63, 3.8) is 0 Å². The van der Waals surface area contributed by atoms with Gasteiger partial charge < -0.3 is 25.2 Å². The molecule has 0 aliphatic carbocycles. The van der Waals surface area contributed by atoms with Crippen LogP contribution in [0.4, 0.5) is 11.4 Å². The molecule has 1 heterocycles. The van der Waals surface area contributed by atoms with E-state index < -0.39 is 11.6 Å². The Kier molecular flexibility index (Phi) is 8.78. The zero-order valence-electron chi connectivity index (χ0n) is 21.2. The van der Waals surface area contributed by atoms with Gasteiger partial charge in [0, 0.05) is 6.54 Å². The zero-order chi connectivity index (χ0) is 25.6. The Bertz CT molecular complexity index is 1010. The molecule has 0 aromatic heterocycles. The van der Waals surface area contributed by atoms with Gasteiger partial charge >= 0.3 is 5.97 Å². The van der Waals surface area contributed by atoms with E-state index in [0.717, 1.165) is 42.0 Å². The van der Waals surface area contributed by atoms with E-state index in [4.69, 9.17) is 4.74 Å². The van der Waals surface area contributed by atoms with E-state index in [-0.39, 0.29) is 30.7 Å². The molecule has 0 bridgehead atoms. The number of rotatable bonds is 11. The highest BCUT2D eigenvalue weighted by atomic mass is 16.5. The van der Waals surface area contributed by atoms with Gasteiger partial charge in [-0.05, 0) is 81.3 Å². The Labute approximate surface area is 208 Å². The number of carbonyl (C=O) groups is 2. The zero-order valence-corrected chi connectivity index (χ0v) is 21.2. The number of nitrogens with zero attached hydrogens (tertiary/aromatic N) is 1. The van der Waals surface area contributed by atoms with Gasteiger partial charge in [-0.3, -0.25) is 9.59 Å². The van der Waals surface area contributed by atoms with Crippen LogP contribution in [0.2, 0.25) is 0 Å². The van der Waals surface area contributed by atoms with Gasteiger partial charge in [0.25, 0.3) is 0 Å². The number of ether oxygens (including phenoxy) is 1. The fourth-order valence-corrected chi connectivity index (χ4v) is 4.91. The predicted octanol–water partition coefficient (Wildman–Crippen LogP) is 4.97. The molecule has 0 radical (unpaired) electrons. The van der Waals surface area contributed by atoms with Crippen molar-refractivity contribution in [1.29, 1.82) is 0 Å². The van der Waals surface area contributed by atoms with Crippen molar-refractivity contribution >= 4 is 23.3 Å². The van der Waals surface area contributed by atoms with Gasteiger partial charge in [0.05, 0.1) is 42.5 Å². The summed E-state index contributed by atoms with van der Waals surface area (Å²) >= 11 is 0. The van der Waals surface area contributed by atoms with E-state index in [2.05, 4.69) is 10.2 Å². The Morgan fingerprint density at radius 1 is 1.17 bits per heavy atom. The predicted molar refractivity (Wildman–Crippen MR) is 138 cm³/mol. The van der Waals surface area contributed by atoms with Gasteiger partial charge in [0.1, 0.15) is 5.75 Å². The first-order valence-corrected chi connectivity index (χ1v) is 12.5. The second kappa shape index (κ2) is 11.6. The normalized spacial score (nSPS) is 16.7. The number of carboxylic acids is 1. The van der Waals surface area contributed by atoms with E-state index in [1.807, 2.05) is 70.2 Å². The third-order valence-corrected chi connectivity index (χ3v) is 6.66. The average molecular weight is 483 g/mol. The molecule has 2 aromatic rings. The standard InChI is InChI=1S/C28H38N2O5/c1-5-20(18-27(32)33)21-11-14-24(30-15-7-8-25(30)28(3,4)34)23(17-21)29-26(31)16-19-9-12-22(13-10-19)35-6-2/h9-14,17,20,25,34H,5-8,15-16,18H2,1-4H3,(H,29,31)(H,32,33)/t20-,25+/m1/s1. The molecule has 1 aliphatic rings. The summed E-state index contributed by atoms with van der Waals surface area (Å²) in [7, 11) is 0. The topological polar surface area (TPSA) is 99.1 Å². The molecule has 3 rings (SSSR count). The van der Waals surface area contributed by atoms with Crippen LogP contribution in [0, 0.1) is 0 Å². The molecule has 3 N–H and O–H groups in total. The summed E-state index contributed by atoms with van der Waals surface area (Å²) in [6.45, 7) is 8.89. The maximum atomic E-state index is 13.1. The molecule has 35 heavy (non-hydrogen) atoms. The first-order chi connectivity index (χ1) is 16.6. The van der Waals surface area contributed by atoms with E-state index in [0.29, 0.717) is 18.7 Å². The Morgan fingerprint density at radius 2 is 1.89 bits per heavy atom.